The van der Waals surface area contributed by atoms with E-state index >= 15 is 0 Å². The molecule has 1 amide bonds. The number of methoxy groups -OCH3 is 1. The zero-order chi connectivity index (χ0) is 13.5. The fourth-order valence-corrected chi connectivity index (χ4v) is 1.83. The predicted octanol–water partition coefficient (Wildman–Crippen LogP) is 1.91. The number of aldehydes is 1. The smallest absolute Gasteiger partial charge is 0.242 e. The molecule has 0 N–H and O–H groups in total. The molecule has 0 saturated heterocycles. The highest BCUT2D eigenvalue weighted by Crippen LogP contribution is 2.22. The third-order valence-electron chi connectivity index (χ3n) is 2.55. The first-order valence-corrected chi connectivity index (χ1v) is 6.06. The second kappa shape index (κ2) is 7.13. The first kappa shape index (κ1) is 14.7. The van der Waals surface area contributed by atoms with Gasteiger partial charge in [-0.15, -0.1) is 11.6 Å². The largest absolute Gasteiger partial charge is 0.380 e. The molecule has 0 radical (unpaired) electrons. The van der Waals surface area contributed by atoms with Gasteiger partial charge >= 0.3 is 0 Å². The van der Waals surface area contributed by atoms with Gasteiger partial charge in [0.25, 0.3) is 0 Å². The van der Waals surface area contributed by atoms with E-state index in [2.05, 4.69) is 0 Å². The maximum atomic E-state index is 11.7. The van der Waals surface area contributed by atoms with E-state index in [1.807, 2.05) is 25.1 Å². The molecule has 0 aliphatic heterocycles. The quantitative estimate of drug-likeness (QED) is 0.585. The molecule has 0 aliphatic carbocycles. The minimum absolute atomic E-state index is 0.00281. The molecule has 0 atom stereocenters. The Morgan fingerprint density at radius 2 is 2.22 bits per heavy atom. The van der Waals surface area contributed by atoms with Gasteiger partial charge in [-0.05, 0) is 24.1 Å². The fourth-order valence-electron chi connectivity index (χ4n) is 1.68. The van der Waals surface area contributed by atoms with E-state index in [0.717, 1.165) is 11.1 Å². The van der Waals surface area contributed by atoms with Crippen molar-refractivity contribution < 1.29 is 14.3 Å². The lowest BCUT2D eigenvalue weighted by atomic mass is 10.1. The zero-order valence-electron chi connectivity index (χ0n) is 10.5. The Bertz CT molecular complexity index is 434. The molecule has 98 valence electrons. The van der Waals surface area contributed by atoms with Crippen LogP contribution < -0.4 is 4.90 Å². The van der Waals surface area contributed by atoms with Crippen molar-refractivity contribution in [2.45, 2.75) is 13.5 Å². The van der Waals surface area contributed by atoms with Crippen molar-refractivity contribution >= 4 is 29.5 Å². The molecule has 5 heteroatoms. The third kappa shape index (κ3) is 3.55. The summed E-state index contributed by atoms with van der Waals surface area (Å²) >= 11 is 5.55. The number of halogens is 1. The molecular formula is C13H16ClNO3. The monoisotopic (exact) mass is 269 g/mol. The second-order valence-corrected chi connectivity index (χ2v) is 4.13. The number of amides is 1. The Kier molecular flexibility index (Phi) is 5.82. The van der Waals surface area contributed by atoms with Crippen LogP contribution in [-0.4, -0.2) is 31.7 Å². The van der Waals surface area contributed by atoms with E-state index in [-0.39, 0.29) is 18.3 Å². The number of ether oxygens (including phenoxy) is 1. The number of hydrogen-bond acceptors (Lipinski definition) is 3. The summed E-state index contributed by atoms with van der Waals surface area (Å²) in [4.78, 5) is 23.8. The normalized spacial score (nSPS) is 10.2. The summed E-state index contributed by atoms with van der Waals surface area (Å²) in [6.45, 7) is 2.34. The van der Waals surface area contributed by atoms with Crippen LogP contribution in [0.25, 0.3) is 0 Å². The van der Waals surface area contributed by atoms with Crippen molar-refractivity contribution in [2.24, 2.45) is 0 Å². The topological polar surface area (TPSA) is 46.6 Å². The van der Waals surface area contributed by atoms with E-state index in [1.54, 1.807) is 7.11 Å². The van der Waals surface area contributed by atoms with Crippen LogP contribution in [0.2, 0.25) is 0 Å². The van der Waals surface area contributed by atoms with Crippen LogP contribution >= 0.6 is 11.6 Å². The van der Waals surface area contributed by atoms with Gasteiger partial charge in [0, 0.05) is 12.8 Å². The van der Waals surface area contributed by atoms with Crippen LogP contribution in [0.4, 0.5) is 5.69 Å². The lowest BCUT2D eigenvalue weighted by Gasteiger charge is -2.22. The molecule has 0 saturated carbocycles. The molecule has 0 aliphatic rings. The lowest BCUT2D eigenvalue weighted by molar-refractivity contribution is -0.117. The predicted molar refractivity (Wildman–Crippen MR) is 71.0 cm³/mol. The van der Waals surface area contributed by atoms with Crippen LogP contribution in [0.5, 0.6) is 0 Å². The highest BCUT2D eigenvalue weighted by molar-refractivity contribution is 6.29. The number of rotatable bonds is 6. The van der Waals surface area contributed by atoms with Crippen molar-refractivity contribution in [1.29, 1.82) is 0 Å². The summed E-state index contributed by atoms with van der Waals surface area (Å²) in [5.74, 6) is -0.441. The zero-order valence-corrected chi connectivity index (χ0v) is 11.2. The van der Waals surface area contributed by atoms with E-state index in [0.29, 0.717) is 18.6 Å². The average Bonchev–Trinajstić information content (AvgIpc) is 2.38. The highest BCUT2D eigenvalue weighted by Gasteiger charge is 2.16. The van der Waals surface area contributed by atoms with Gasteiger partial charge in [-0.2, -0.15) is 0 Å². The van der Waals surface area contributed by atoms with Gasteiger partial charge in [-0.3, -0.25) is 4.79 Å². The van der Waals surface area contributed by atoms with Crippen LogP contribution in [-0.2, 0) is 20.9 Å². The first-order chi connectivity index (χ1) is 8.63. The number of nitrogens with zero attached hydrogens (tertiary/aromatic N) is 1. The maximum Gasteiger partial charge on any atom is 0.242 e. The van der Waals surface area contributed by atoms with Crippen molar-refractivity contribution in [2.75, 3.05) is 24.4 Å². The fraction of sp³-hybridized carbons (Fsp3) is 0.385. The van der Waals surface area contributed by atoms with Crippen molar-refractivity contribution in [3.05, 3.63) is 29.3 Å². The second-order valence-electron chi connectivity index (χ2n) is 3.86. The Labute approximate surface area is 111 Å². The van der Waals surface area contributed by atoms with E-state index in [4.69, 9.17) is 16.3 Å². The summed E-state index contributed by atoms with van der Waals surface area (Å²) in [7, 11) is 1.60. The lowest BCUT2D eigenvalue weighted by Crippen LogP contribution is -2.34. The molecule has 0 aromatic heterocycles. The van der Waals surface area contributed by atoms with E-state index in [9.17, 15) is 9.59 Å². The number of alkyl halides is 1. The molecule has 4 nitrogen and oxygen atoms in total. The highest BCUT2D eigenvalue weighted by atomic mass is 35.5. The molecule has 18 heavy (non-hydrogen) atoms. The molecule has 0 spiro atoms. The summed E-state index contributed by atoms with van der Waals surface area (Å²) < 4.78 is 5.05. The number of benzene rings is 1. The average molecular weight is 270 g/mol. The van der Waals surface area contributed by atoms with Gasteiger partial charge in [0.05, 0.1) is 13.2 Å². The van der Waals surface area contributed by atoms with E-state index in [1.165, 1.54) is 4.90 Å². The van der Waals surface area contributed by atoms with Crippen molar-refractivity contribution in [3.8, 4) is 0 Å². The van der Waals surface area contributed by atoms with Crippen molar-refractivity contribution in [3.63, 3.8) is 0 Å². The van der Waals surface area contributed by atoms with Gasteiger partial charge in [0.15, 0.2) is 0 Å². The molecule has 0 unspecified atom stereocenters. The summed E-state index contributed by atoms with van der Waals surface area (Å²) in [5.41, 5.74) is 2.55. The molecular weight excluding hydrogens is 254 g/mol. The standard InChI is InChI=1S/C13H16ClNO3/c1-10-3-4-11(9-18-2)7-12(10)15(5-6-16)13(17)8-14/h3-4,6-7H,5,8-9H2,1-2H3. The number of hydrogen-bond donors (Lipinski definition) is 0. The Morgan fingerprint density at radius 1 is 1.50 bits per heavy atom. The number of anilines is 1. The third-order valence-corrected chi connectivity index (χ3v) is 2.78. The molecule has 1 rings (SSSR count). The number of carbonyl (C=O) groups excluding carboxylic acids is 2. The van der Waals surface area contributed by atoms with Crippen LogP contribution in [0.1, 0.15) is 11.1 Å². The number of aryl methyl sites for hydroxylation is 1. The first-order valence-electron chi connectivity index (χ1n) is 5.52. The summed E-state index contributed by atoms with van der Waals surface area (Å²) in [6.07, 6.45) is 0.687. The Hall–Kier alpha value is -1.39. The van der Waals surface area contributed by atoms with Gasteiger partial charge in [-0.25, -0.2) is 0 Å². The van der Waals surface area contributed by atoms with Gasteiger partial charge in [0.1, 0.15) is 12.2 Å². The summed E-state index contributed by atoms with van der Waals surface area (Å²) in [5, 5.41) is 0. The minimum atomic E-state index is -0.290. The van der Waals surface area contributed by atoms with Crippen LogP contribution in [0.15, 0.2) is 18.2 Å². The molecule has 1 aromatic carbocycles. The van der Waals surface area contributed by atoms with Crippen molar-refractivity contribution in [1.82, 2.24) is 0 Å². The van der Waals surface area contributed by atoms with Crippen LogP contribution in [0, 0.1) is 6.92 Å². The molecule has 1 aromatic rings. The summed E-state index contributed by atoms with van der Waals surface area (Å²) in [6, 6.07) is 5.66. The Balaban J connectivity index is 3.12. The van der Waals surface area contributed by atoms with Gasteiger partial charge in [-0.1, -0.05) is 12.1 Å². The van der Waals surface area contributed by atoms with Crippen LogP contribution in [0.3, 0.4) is 0 Å². The number of carbonyl (C=O) groups is 2. The minimum Gasteiger partial charge on any atom is -0.380 e. The van der Waals surface area contributed by atoms with Gasteiger partial charge in [0.2, 0.25) is 5.91 Å². The molecule has 0 bridgehead atoms. The Morgan fingerprint density at radius 3 is 2.78 bits per heavy atom. The van der Waals surface area contributed by atoms with Gasteiger partial charge < -0.3 is 14.4 Å². The van der Waals surface area contributed by atoms with E-state index < -0.39 is 0 Å². The molecule has 0 fully saturated rings. The SMILES string of the molecule is COCc1ccc(C)c(N(CC=O)C(=O)CCl)c1. The molecule has 0 heterocycles. The maximum absolute atomic E-state index is 11.7.